The van der Waals surface area contributed by atoms with Gasteiger partial charge in [0.1, 0.15) is 18.4 Å². The van der Waals surface area contributed by atoms with Crippen LogP contribution >= 0.6 is 0 Å². The minimum atomic E-state index is -0.287. The van der Waals surface area contributed by atoms with Crippen molar-refractivity contribution in [3.63, 3.8) is 0 Å². The van der Waals surface area contributed by atoms with E-state index in [2.05, 4.69) is 15.4 Å². The summed E-state index contributed by atoms with van der Waals surface area (Å²) in [5.41, 5.74) is 1.31. The molecule has 0 saturated carbocycles. The summed E-state index contributed by atoms with van der Waals surface area (Å²) in [6.45, 7) is 4.40. The number of carbonyl (C=O) groups is 1. The molecule has 6 heteroatoms. The van der Waals surface area contributed by atoms with Crippen LogP contribution in [-0.4, -0.2) is 31.8 Å². The molecule has 0 aliphatic carbocycles. The zero-order chi connectivity index (χ0) is 14.5. The first kappa shape index (κ1) is 14.0. The van der Waals surface area contributed by atoms with Crippen molar-refractivity contribution < 1.29 is 9.90 Å². The molecule has 2 N–H and O–H groups in total. The fourth-order valence-corrected chi connectivity index (χ4v) is 1.94. The van der Waals surface area contributed by atoms with Gasteiger partial charge in [0.25, 0.3) is 5.91 Å². The number of aromatic nitrogens is 3. The van der Waals surface area contributed by atoms with Gasteiger partial charge in [0.15, 0.2) is 0 Å². The predicted octanol–water partition coefficient (Wildman–Crippen LogP) is 1.36. The van der Waals surface area contributed by atoms with E-state index in [4.69, 9.17) is 0 Å². The summed E-state index contributed by atoms with van der Waals surface area (Å²) in [5.74, 6) is -0.293. The lowest BCUT2D eigenvalue weighted by Gasteiger charge is -2.14. The number of hydrogen-bond acceptors (Lipinski definition) is 4. The molecular formula is C14H18N4O2. The number of rotatable bonds is 5. The van der Waals surface area contributed by atoms with Gasteiger partial charge in [-0.05, 0) is 31.0 Å². The van der Waals surface area contributed by atoms with Crippen LogP contribution in [0, 0.1) is 0 Å². The number of nitrogens with one attached hydrogen (secondary N) is 1. The third-order valence-electron chi connectivity index (χ3n) is 3.02. The lowest BCUT2D eigenvalue weighted by Crippen LogP contribution is -2.35. The van der Waals surface area contributed by atoms with E-state index in [0.717, 1.165) is 12.0 Å². The number of aromatic hydroxyl groups is 1. The van der Waals surface area contributed by atoms with Crippen LogP contribution in [0.15, 0.2) is 30.9 Å². The van der Waals surface area contributed by atoms with Crippen molar-refractivity contribution in [2.24, 2.45) is 0 Å². The Morgan fingerprint density at radius 1 is 1.50 bits per heavy atom. The Kier molecular flexibility index (Phi) is 4.34. The Morgan fingerprint density at radius 2 is 2.30 bits per heavy atom. The number of phenols is 1. The van der Waals surface area contributed by atoms with Crippen LogP contribution in [-0.2, 0) is 13.0 Å². The Morgan fingerprint density at radius 3 is 2.95 bits per heavy atom. The predicted molar refractivity (Wildman–Crippen MR) is 74.4 cm³/mol. The summed E-state index contributed by atoms with van der Waals surface area (Å²) in [5, 5.41) is 16.6. The van der Waals surface area contributed by atoms with Gasteiger partial charge < -0.3 is 10.4 Å². The molecule has 0 spiro atoms. The number of aryl methyl sites for hydroxylation is 1. The molecule has 1 aromatic heterocycles. The van der Waals surface area contributed by atoms with Crippen LogP contribution in [0.4, 0.5) is 0 Å². The molecule has 2 aromatic rings. The zero-order valence-corrected chi connectivity index (χ0v) is 11.6. The second kappa shape index (κ2) is 6.18. The van der Waals surface area contributed by atoms with E-state index in [0.29, 0.717) is 12.1 Å². The molecule has 1 heterocycles. The van der Waals surface area contributed by atoms with Crippen LogP contribution in [0.25, 0.3) is 0 Å². The van der Waals surface area contributed by atoms with Crippen LogP contribution < -0.4 is 5.32 Å². The van der Waals surface area contributed by atoms with E-state index < -0.39 is 0 Å². The molecule has 1 atom stereocenters. The Labute approximate surface area is 117 Å². The van der Waals surface area contributed by atoms with Crippen LogP contribution in [0.5, 0.6) is 5.75 Å². The van der Waals surface area contributed by atoms with Crippen LogP contribution in [0.2, 0.25) is 0 Å². The van der Waals surface area contributed by atoms with Crippen LogP contribution in [0.3, 0.4) is 0 Å². The van der Waals surface area contributed by atoms with Crippen molar-refractivity contribution in [3.8, 4) is 5.75 Å². The second-order valence-electron chi connectivity index (χ2n) is 4.70. The molecule has 0 fully saturated rings. The van der Waals surface area contributed by atoms with Gasteiger partial charge >= 0.3 is 0 Å². The first-order chi connectivity index (χ1) is 9.60. The van der Waals surface area contributed by atoms with Gasteiger partial charge in [0.05, 0.1) is 12.1 Å². The summed E-state index contributed by atoms with van der Waals surface area (Å²) in [4.78, 5) is 16.0. The molecule has 0 aliphatic rings. The van der Waals surface area contributed by atoms with Crippen LogP contribution in [0.1, 0.15) is 29.8 Å². The summed E-state index contributed by atoms with van der Waals surface area (Å²) >= 11 is 0. The average Bonchev–Trinajstić information content (AvgIpc) is 2.91. The molecule has 1 amide bonds. The molecule has 0 bridgehead atoms. The maximum Gasteiger partial charge on any atom is 0.255 e. The Balaban J connectivity index is 2.04. The van der Waals surface area contributed by atoms with Crippen molar-refractivity contribution in [2.45, 2.75) is 32.9 Å². The first-order valence-corrected chi connectivity index (χ1v) is 6.55. The quantitative estimate of drug-likeness (QED) is 0.863. The number of carbonyl (C=O) groups excluding carboxylic acids is 1. The van der Waals surface area contributed by atoms with Crippen molar-refractivity contribution in [1.82, 2.24) is 20.1 Å². The minimum Gasteiger partial charge on any atom is -0.507 e. The van der Waals surface area contributed by atoms with E-state index in [1.54, 1.807) is 23.1 Å². The third-order valence-corrected chi connectivity index (χ3v) is 3.02. The maximum atomic E-state index is 12.2. The molecule has 0 radical (unpaired) electrons. The fraction of sp³-hybridized carbons (Fsp3) is 0.357. The standard InChI is InChI=1S/C14H18N4O2/c1-3-11-4-5-13(19)12(6-11)14(20)17-10(2)7-18-9-15-8-16-18/h4-6,8-10,19H,3,7H2,1-2H3,(H,17,20)/t10-/m0/s1. The van der Waals surface area contributed by atoms with Crippen molar-refractivity contribution >= 4 is 5.91 Å². The van der Waals surface area contributed by atoms with E-state index in [1.165, 1.54) is 6.33 Å². The van der Waals surface area contributed by atoms with Crippen molar-refractivity contribution in [3.05, 3.63) is 42.0 Å². The number of nitrogens with zero attached hydrogens (tertiary/aromatic N) is 3. The molecule has 1 aromatic carbocycles. The van der Waals surface area contributed by atoms with E-state index in [-0.39, 0.29) is 17.7 Å². The molecule has 20 heavy (non-hydrogen) atoms. The molecule has 0 unspecified atom stereocenters. The average molecular weight is 274 g/mol. The highest BCUT2D eigenvalue weighted by Crippen LogP contribution is 2.18. The summed E-state index contributed by atoms with van der Waals surface area (Å²) in [6.07, 6.45) is 3.86. The Hall–Kier alpha value is -2.37. The normalized spacial score (nSPS) is 12.1. The SMILES string of the molecule is CCc1ccc(O)c(C(=O)N[C@@H](C)Cn2cncn2)c1. The number of amides is 1. The summed E-state index contributed by atoms with van der Waals surface area (Å²) in [7, 11) is 0. The first-order valence-electron chi connectivity index (χ1n) is 6.55. The molecule has 6 nitrogen and oxygen atoms in total. The lowest BCUT2D eigenvalue weighted by atomic mass is 10.1. The van der Waals surface area contributed by atoms with Gasteiger partial charge in [-0.1, -0.05) is 13.0 Å². The highest BCUT2D eigenvalue weighted by atomic mass is 16.3. The van der Waals surface area contributed by atoms with Crippen molar-refractivity contribution in [1.29, 1.82) is 0 Å². The van der Waals surface area contributed by atoms with Gasteiger partial charge in [-0.3, -0.25) is 9.48 Å². The van der Waals surface area contributed by atoms with Gasteiger partial charge in [-0.2, -0.15) is 5.10 Å². The highest BCUT2D eigenvalue weighted by Gasteiger charge is 2.14. The monoisotopic (exact) mass is 274 g/mol. The fourth-order valence-electron chi connectivity index (χ4n) is 1.94. The highest BCUT2D eigenvalue weighted by molar-refractivity contribution is 5.97. The molecule has 0 aliphatic heterocycles. The number of hydrogen-bond donors (Lipinski definition) is 2. The molecular weight excluding hydrogens is 256 g/mol. The van der Waals surface area contributed by atoms with Crippen molar-refractivity contribution in [2.75, 3.05) is 0 Å². The van der Waals surface area contributed by atoms with Gasteiger partial charge in [-0.15, -0.1) is 0 Å². The molecule has 0 saturated heterocycles. The number of benzene rings is 1. The largest absolute Gasteiger partial charge is 0.507 e. The maximum absolute atomic E-state index is 12.2. The third kappa shape index (κ3) is 3.34. The van der Waals surface area contributed by atoms with Gasteiger partial charge in [0, 0.05) is 6.04 Å². The van der Waals surface area contributed by atoms with E-state index in [1.807, 2.05) is 19.9 Å². The minimum absolute atomic E-state index is 0.00680. The summed E-state index contributed by atoms with van der Waals surface area (Å²) in [6, 6.07) is 4.96. The van der Waals surface area contributed by atoms with Gasteiger partial charge in [-0.25, -0.2) is 4.98 Å². The molecule has 2 rings (SSSR count). The van der Waals surface area contributed by atoms with E-state index >= 15 is 0 Å². The van der Waals surface area contributed by atoms with E-state index in [9.17, 15) is 9.90 Å². The smallest absolute Gasteiger partial charge is 0.255 e. The second-order valence-corrected chi connectivity index (χ2v) is 4.70. The topological polar surface area (TPSA) is 80.0 Å². The zero-order valence-electron chi connectivity index (χ0n) is 11.6. The summed E-state index contributed by atoms with van der Waals surface area (Å²) < 4.78 is 1.65. The lowest BCUT2D eigenvalue weighted by molar-refractivity contribution is 0.0933. The van der Waals surface area contributed by atoms with Gasteiger partial charge in [0.2, 0.25) is 0 Å². The molecule has 106 valence electrons. The number of phenolic OH excluding ortho intramolecular Hbond substituents is 1. The Bertz CT molecular complexity index is 581.